The number of nitrogens with two attached hydrogens (primary N) is 1. The maximum absolute atomic E-state index is 12.5. The van der Waals surface area contributed by atoms with Crippen LogP contribution in [0, 0.1) is 6.92 Å². The molecule has 2 nitrogen and oxygen atoms in total. The van der Waals surface area contributed by atoms with Gasteiger partial charge in [-0.3, -0.25) is 4.79 Å². The van der Waals surface area contributed by atoms with E-state index >= 15 is 0 Å². The summed E-state index contributed by atoms with van der Waals surface area (Å²) in [5.41, 5.74) is 7.42. The normalized spacial score (nSPS) is 13.9. The maximum Gasteiger partial charge on any atom is 0.186 e. The van der Waals surface area contributed by atoms with E-state index in [9.17, 15) is 4.79 Å². The van der Waals surface area contributed by atoms with Crippen LogP contribution in [0.25, 0.3) is 0 Å². The molecule has 0 bridgehead atoms. The van der Waals surface area contributed by atoms with Gasteiger partial charge in [-0.1, -0.05) is 54.1 Å². The third-order valence-corrected chi connectivity index (χ3v) is 3.69. The van der Waals surface area contributed by atoms with Gasteiger partial charge in [-0.15, -0.1) is 0 Å². The predicted octanol–water partition coefficient (Wildman–Crippen LogP) is 3.71. The van der Waals surface area contributed by atoms with Crippen LogP contribution in [0.3, 0.4) is 0 Å². The number of benzene rings is 2. The van der Waals surface area contributed by atoms with E-state index in [0.717, 1.165) is 11.1 Å². The summed E-state index contributed by atoms with van der Waals surface area (Å²) >= 11 is 6.06. The van der Waals surface area contributed by atoms with Gasteiger partial charge in [0.05, 0.1) is 0 Å². The van der Waals surface area contributed by atoms with Crippen LogP contribution < -0.4 is 5.73 Å². The standard InChI is InChI=1S/C16H16ClNO/c1-11-8-9-12(10-14(11)17)15(19)16(2,18)13-6-4-3-5-7-13/h3-10H,18H2,1-2H3. The summed E-state index contributed by atoms with van der Waals surface area (Å²) in [7, 11) is 0. The summed E-state index contributed by atoms with van der Waals surface area (Å²) in [6.07, 6.45) is 0. The van der Waals surface area contributed by atoms with E-state index < -0.39 is 5.54 Å². The van der Waals surface area contributed by atoms with Gasteiger partial charge in [0.1, 0.15) is 5.54 Å². The van der Waals surface area contributed by atoms with E-state index in [0.29, 0.717) is 10.6 Å². The molecule has 2 aromatic rings. The molecule has 0 aliphatic carbocycles. The third-order valence-electron chi connectivity index (χ3n) is 3.28. The van der Waals surface area contributed by atoms with Gasteiger partial charge in [-0.25, -0.2) is 0 Å². The molecule has 0 saturated heterocycles. The molecule has 0 fully saturated rings. The molecule has 0 aliphatic rings. The molecule has 2 rings (SSSR count). The van der Waals surface area contributed by atoms with Gasteiger partial charge in [0.25, 0.3) is 0 Å². The Morgan fingerprint density at radius 3 is 2.37 bits per heavy atom. The largest absolute Gasteiger partial charge is 0.315 e. The number of hydrogen-bond donors (Lipinski definition) is 1. The molecule has 19 heavy (non-hydrogen) atoms. The number of ketones is 1. The Morgan fingerprint density at radius 2 is 1.79 bits per heavy atom. The molecule has 0 amide bonds. The number of halogens is 1. The van der Waals surface area contributed by atoms with Gasteiger partial charge in [0.2, 0.25) is 0 Å². The predicted molar refractivity (Wildman–Crippen MR) is 78.5 cm³/mol. The summed E-state index contributed by atoms with van der Waals surface area (Å²) in [5, 5.41) is 0.578. The number of carbonyl (C=O) groups is 1. The summed E-state index contributed by atoms with van der Waals surface area (Å²) in [6, 6.07) is 14.6. The first-order chi connectivity index (χ1) is 8.93. The van der Waals surface area contributed by atoms with Crippen molar-refractivity contribution in [2.75, 3.05) is 0 Å². The van der Waals surface area contributed by atoms with Crippen molar-refractivity contribution in [1.29, 1.82) is 0 Å². The van der Waals surface area contributed by atoms with Crippen LogP contribution in [0.15, 0.2) is 48.5 Å². The van der Waals surface area contributed by atoms with Crippen molar-refractivity contribution in [2.24, 2.45) is 5.73 Å². The van der Waals surface area contributed by atoms with Crippen LogP contribution >= 0.6 is 11.6 Å². The second-order valence-electron chi connectivity index (χ2n) is 4.86. The number of carbonyl (C=O) groups excluding carboxylic acids is 1. The van der Waals surface area contributed by atoms with Gasteiger partial charge < -0.3 is 5.73 Å². The molecule has 3 heteroatoms. The van der Waals surface area contributed by atoms with Crippen LogP contribution in [-0.4, -0.2) is 5.78 Å². The zero-order valence-corrected chi connectivity index (χ0v) is 11.7. The Hall–Kier alpha value is -1.64. The number of hydrogen-bond acceptors (Lipinski definition) is 2. The van der Waals surface area contributed by atoms with Gasteiger partial charge in [-0.2, -0.15) is 0 Å². The minimum atomic E-state index is -1.06. The van der Waals surface area contributed by atoms with E-state index in [1.807, 2.05) is 43.3 Å². The summed E-state index contributed by atoms with van der Waals surface area (Å²) in [5.74, 6) is -0.138. The van der Waals surface area contributed by atoms with Crippen molar-refractivity contribution < 1.29 is 4.79 Å². The quantitative estimate of drug-likeness (QED) is 0.867. The molecule has 0 radical (unpaired) electrons. The Bertz CT molecular complexity index is 605. The van der Waals surface area contributed by atoms with Crippen LogP contribution in [0.1, 0.15) is 28.4 Å². The zero-order chi connectivity index (χ0) is 14.0. The number of Topliss-reactive ketones (excluding diaryl/α,β-unsaturated/α-hetero) is 1. The summed E-state index contributed by atoms with van der Waals surface area (Å²) < 4.78 is 0. The van der Waals surface area contributed by atoms with Crippen LogP contribution in [0.2, 0.25) is 5.02 Å². The molecule has 0 heterocycles. The molecular formula is C16H16ClNO. The van der Waals surface area contributed by atoms with Crippen molar-refractivity contribution in [2.45, 2.75) is 19.4 Å². The van der Waals surface area contributed by atoms with Crippen LogP contribution in [-0.2, 0) is 5.54 Å². The number of rotatable bonds is 3. The summed E-state index contributed by atoms with van der Waals surface area (Å²) in [4.78, 5) is 12.5. The topological polar surface area (TPSA) is 43.1 Å². The SMILES string of the molecule is Cc1ccc(C(=O)C(C)(N)c2ccccc2)cc1Cl. The molecule has 2 N–H and O–H groups in total. The highest BCUT2D eigenvalue weighted by atomic mass is 35.5. The minimum Gasteiger partial charge on any atom is -0.315 e. The maximum atomic E-state index is 12.5. The van der Waals surface area contributed by atoms with Gasteiger partial charge in [-0.05, 0) is 31.0 Å². The lowest BCUT2D eigenvalue weighted by atomic mass is 9.85. The van der Waals surface area contributed by atoms with E-state index in [1.54, 1.807) is 19.1 Å². The van der Waals surface area contributed by atoms with Crippen LogP contribution in [0.4, 0.5) is 0 Å². The zero-order valence-electron chi connectivity index (χ0n) is 11.0. The smallest absolute Gasteiger partial charge is 0.186 e. The molecule has 0 saturated carbocycles. The lowest BCUT2D eigenvalue weighted by Crippen LogP contribution is -2.41. The highest BCUT2D eigenvalue weighted by Crippen LogP contribution is 2.25. The lowest BCUT2D eigenvalue weighted by Gasteiger charge is -2.24. The van der Waals surface area contributed by atoms with E-state index in [-0.39, 0.29) is 5.78 Å². The third kappa shape index (κ3) is 2.70. The highest BCUT2D eigenvalue weighted by molar-refractivity contribution is 6.31. The van der Waals surface area contributed by atoms with Gasteiger partial charge >= 0.3 is 0 Å². The molecule has 1 unspecified atom stereocenters. The van der Waals surface area contributed by atoms with Crippen molar-refractivity contribution in [3.63, 3.8) is 0 Å². The minimum absolute atomic E-state index is 0.138. The van der Waals surface area contributed by atoms with E-state index in [4.69, 9.17) is 17.3 Å². The van der Waals surface area contributed by atoms with Gasteiger partial charge in [0, 0.05) is 10.6 Å². The molecule has 0 aromatic heterocycles. The Balaban J connectivity index is 2.40. The molecular weight excluding hydrogens is 258 g/mol. The van der Waals surface area contributed by atoms with E-state index in [1.165, 1.54) is 0 Å². The van der Waals surface area contributed by atoms with Crippen LogP contribution in [0.5, 0.6) is 0 Å². The first kappa shape index (κ1) is 13.8. The van der Waals surface area contributed by atoms with Gasteiger partial charge in [0.15, 0.2) is 5.78 Å². The highest BCUT2D eigenvalue weighted by Gasteiger charge is 2.31. The second-order valence-corrected chi connectivity index (χ2v) is 5.27. The summed E-state index contributed by atoms with van der Waals surface area (Å²) in [6.45, 7) is 3.62. The fourth-order valence-corrected chi connectivity index (χ4v) is 2.13. The Kier molecular flexibility index (Phi) is 3.74. The molecule has 0 spiro atoms. The Labute approximate surface area is 118 Å². The van der Waals surface area contributed by atoms with E-state index in [2.05, 4.69) is 0 Å². The average Bonchev–Trinajstić information content (AvgIpc) is 2.42. The number of aryl methyl sites for hydroxylation is 1. The average molecular weight is 274 g/mol. The van der Waals surface area contributed by atoms with Crippen molar-refractivity contribution in [1.82, 2.24) is 0 Å². The monoisotopic (exact) mass is 273 g/mol. The first-order valence-corrected chi connectivity index (χ1v) is 6.46. The fraction of sp³-hybridized carbons (Fsp3) is 0.188. The first-order valence-electron chi connectivity index (χ1n) is 6.08. The van der Waals surface area contributed by atoms with Crippen molar-refractivity contribution in [3.05, 3.63) is 70.2 Å². The second kappa shape index (κ2) is 5.16. The molecule has 98 valence electrons. The molecule has 1 atom stereocenters. The molecule has 2 aromatic carbocycles. The fourth-order valence-electron chi connectivity index (χ4n) is 1.95. The van der Waals surface area contributed by atoms with Crippen molar-refractivity contribution in [3.8, 4) is 0 Å². The molecule has 0 aliphatic heterocycles. The lowest BCUT2D eigenvalue weighted by molar-refractivity contribution is 0.0900. The Morgan fingerprint density at radius 1 is 1.16 bits per heavy atom. The van der Waals surface area contributed by atoms with Crippen molar-refractivity contribution >= 4 is 17.4 Å².